The van der Waals surface area contributed by atoms with E-state index in [0.717, 1.165) is 24.9 Å². The Kier molecular flexibility index (Phi) is 3.80. The number of carbonyl (C=O) groups is 1. The third-order valence-electron chi connectivity index (χ3n) is 3.85. The zero-order valence-electron chi connectivity index (χ0n) is 11.5. The minimum absolute atomic E-state index is 0.00215. The molecule has 2 N–H and O–H groups in total. The van der Waals surface area contributed by atoms with Gasteiger partial charge < -0.3 is 10.6 Å². The second-order valence-electron chi connectivity index (χ2n) is 5.17. The molecule has 1 amide bonds. The van der Waals surface area contributed by atoms with E-state index in [-0.39, 0.29) is 11.9 Å². The summed E-state index contributed by atoms with van der Waals surface area (Å²) in [5.74, 6) is -0.00215. The SMILES string of the molecule is Nc1cc(C(=O)N2CCCC2c2ccncc2)ccc1Cl. The molecule has 3 rings (SSSR count). The average molecular weight is 302 g/mol. The van der Waals surface area contributed by atoms with Crippen LogP contribution >= 0.6 is 11.6 Å². The predicted octanol–water partition coefficient (Wildman–Crippen LogP) is 3.29. The summed E-state index contributed by atoms with van der Waals surface area (Å²) in [6.07, 6.45) is 5.49. The van der Waals surface area contributed by atoms with Gasteiger partial charge in [-0.25, -0.2) is 0 Å². The topological polar surface area (TPSA) is 59.2 Å². The summed E-state index contributed by atoms with van der Waals surface area (Å²) < 4.78 is 0. The van der Waals surface area contributed by atoms with Gasteiger partial charge in [-0.2, -0.15) is 0 Å². The fourth-order valence-electron chi connectivity index (χ4n) is 2.78. The van der Waals surface area contributed by atoms with Crippen molar-refractivity contribution in [2.24, 2.45) is 0 Å². The Bertz CT molecular complexity index is 660. The lowest BCUT2D eigenvalue weighted by Gasteiger charge is -2.25. The number of nitrogens with zero attached hydrogens (tertiary/aromatic N) is 2. The number of likely N-dealkylation sites (tertiary alicyclic amines) is 1. The zero-order chi connectivity index (χ0) is 14.8. The fourth-order valence-corrected chi connectivity index (χ4v) is 2.90. The smallest absolute Gasteiger partial charge is 0.254 e. The van der Waals surface area contributed by atoms with Crippen LogP contribution in [0, 0.1) is 0 Å². The second kappa shape index (κ2) is 5.74. The lowest BCUT2D eigenvalue weighted by molar-refractivity contribution is 0.0735. The Morgan fingerprint density at radius 1 is 1.29 bits per heavy atom. The van der Waals surface area contributed by atoms with Crippen LogP contribution in [0.3, 0.4) is 0 Å². The monoisotopic (exact) mass is 301 g/mol. The Labute approximate surface area is 128 Å². The van der Waals surface area contributed by atoms with Crippen LogP contribution in [0.2, 0.25) is 5.02 Å². The summed E-state index contributed by atoms with van der Waals surface area (Å²) in [6.45, 7) is 0.758. The van der Waals surface area contributed by atoms with Crippen LogP contribution in [-0.4, -0.2) is 22.3 Å². The number of anilines is 1. The summed E-state index contributed by atoms with van der Waals surface area (Å²) >= 11 is 5.91. The Morgan fingerprint density at radius 3 is 2.76 bits per heavy atom. The molecule has 4 nitrogen and oxygen atoms in total. The van der Waals surface area contributed by atoms with Crippen molar-refractivity contribution in [2.45, 2.75) is 18.9 Å². The summed E-state index contributed by atoms with van der Waals surface area (Å²) in [5, 5.41) is 0.471. The molecule has 1 saturated heterocycles. The molecule has 1 unspecified atom stereocenters. The van der Waals surface area contributed by atoms with Gasteiger partial charge in [-0.3, -0.25) is 9.78 Å². The van der Waals surface area contributed by atoms with Crippen molar-refractivity contribution in [3.8, 4) is 0 Å². The quantitative estimate of drug-likeness (QED) is 0.866. The van der Waals surface area contributed by atoms with E-state index in [4.69, 9.17) is 17.3 Å². The maximum atomic E-state index is 12.7. The molecule has 1 aromatic carbocycles. The summed E-state index contributed by atoms with van der Waals surface area (Å²) in [7, 11) is 0. The van der Waals surface area contributed by atoms with E-state index in [1.807, 2.05) is 17.0 Å². The van der Waals surface area contributed by atoms with Gasteiger partial charge in [0, 0.05) is 24.5 Å². The number of hydrogen-bond donors (Lipinski definition) is 1. The van der Waals surface area contributed by atoms with E-state index < -0.39 is 0 Å². The number of pyridine rings is 1. The van der Waals surface area contributed by atoms with Crippen molar-refractivity contribution in [2.75, 3.05) is 12.3 Å². The van der Waals surface area contributed by atoms with Gasteiger partial charge in [0.2, 0.25) is 0 Å². The molecule has 1 atom stereocenters. The molecule has 0 bridgehead atoms. The molecule has 1 fully saturated rings. The molecule has 1 aromatic heterocycles. The van der Waals surface area contributed by atoms with E-state index >= 15 is 0 Å². The van der Waals surface area contributed by atoms with E-state index in [0.29, 0.717) is 16.3 Å². The van der Waals surface area contributed by atoms with Crippen LogP contribution < -0.4 is 5.73 Å². The molecule has 0 saturated carbocycles. The van der Waals surface area contributed by atoms with Crippen LogP contribution in [0.25, 0.3) is 0 Å². The third-order valence-corrected chi connectivity index (χ3v) is 4.19. The minimum Gasteiger partial charge on any atom is -0.398 e. The maximum Gasteiger partial charge on any atom is 0.254 e. The number of amides is 1. The van der Waals surface area contributed by atoms with Gasteiger partial charge in [0.1, 0.15) is 0 Å². The predicted molar refractivity (Wildman–Crippen MR) is 83.1 cm³/mol. The highest BCUT2D eigenvalue weighted by molar-refractivity contribution is 6.33. The fraction of sp³-hybridized carbons (Fsp3) is 0.250. The van der Waals surface area contributed by atoms with Crippen molar-refractivity contribution in [3.05, 3.63) is 58.9 Å². The highest BCUT2D eigenvalue weighted by Crippen LogP contribution is 2.33. The van der Waals surface area contributed by atoms with E-state index in [1.165, 1.54) is 0 Å². The second-order valence-corrected chi connectivity index (χ2v) is 5.58. The molecule has 0 spiro atoms. The van der Waals surface area contributed by atoms with Crippen LogP contribution in [-0.2, 0) is 0 Å². The van der Waals surface area contributed by atoms with Gasteiger partial charge in [-0.1, -0.05) is 11.6 Å². The number of rotatable bonds is 2. The largest absolute Gasteiger partial charge is 0.398 e. The van der Waals surface area contributed by atoms with Crippen molar-refractivity contribution >= 4 is 23.2 Å². The first-order valence-corrected chi connectivity index (χ1v) is 7.30. The molecule has 0 radical (unpaired) electrons. The van der Waals surface area contributed by atoms with Gasteiger partial charge >= 0.3 is 0 Å². The van der Waals surface area contributed by atoms with Crippen molar-refractivity contribution in [1.29, 1.82) is 0 Å². The number of nitrogen functional groups attached to an aromatic ring is 1. The van der Waals surface area contributed by atoms with Crippen LogP contribution in [0.4, 0.5) is 5.69 Å². The first-order valence-electron chi connectivity index (χ1n) is 6.93. The minimum atomic E-state index is -0.00215. The zero-order valence-corrected chi connectivity index (χ0v) is 12.3. The standard InChI is InChI=1S/C16H16ClN3O/c17-13-4-3-12(10-14(13)18)16(21)20-9-1-2-15(20)11-5-7-19-8-6-11/h3-8,10,15H,1-2,9,18H2. The number of benzene rings is 1. The summed E-state index contributed by atoms with van der Waals surface area (Å²) in [6, 6.07) is 9.08. The van der Waals surface area contributed by atoms with Gasteiger partial charge in [0.05, 0.1) is 16.8 Å². The lowest BCUT2D eigenvalue weighted by atomic mass is 10.1. The average Bonchev–Trinajstić information content (AvgIpc) is 2.99. The Morgan fingerprint density at radius 2 is 2.05 bits per heavy atom. The highest BCUT2D eigenvalue weighted by Gasteiger charge is 2.30. The summed E-state index contributed by atoms with van der Waals surface area (Å²) in [5.41, 5.74) is 7.93. The molecule has 5 heteroatoms. The van der Waals surface area contributed by atoms with Gasteiger partial charge in [0.15, 0.2) is 0 Å². The first-order chi connectivity index (χ1) is 10.2. The summed E-state index contributed by atoms with van der Waals surface area (Å²) in [4.78, 5) is 18.6. The lowest BCUT2D eigenvalue weighted by Crippen LogP contribution is -2.30. The van der Waals surface area contributed by atoms with E-state index in [9.17, 15) is 4.79 Å². The van der Waals surface area contributed by atoms with Crippen molar-refractivity contribution < 1.29 is 4.79 Å². The maximum absolute atomic E-state index is 12.7. The van der Waals surface area contributed by atoms with Crippen LogP contribution in [0.1, 0.15) is 34.8 Å². The molecule has 2 aromatic rings. The number of aromatic nitrogens is 1. The first kappa shape index (κ1) is 13.9. The van der Waals surface area contributed by atoms with Gasteiger partial charge in [-0.05, 0) is 48.7 Å². The Hall–Kier alpha value is -2.07. The molecule has 108 valence electrons. The number of hydrogen-bond acceptors (Lipinski definition) is 3. The third kappa shape index (κ3) is 2.72. The van der Waals surface area contributed by atoms with Crippen molar-refractivity contribution in [3.63, 3.8) is 0 Å². The van der Waals surface area contributed by atoms with Gasteiger partial charge in [-0.15, -0.1) is 0 Å². The molecule has 0 aliphatic carbocycles. The molecule has 1 aliphatic heterocycles. The van der Waals surface area contributed by atoms with Gasteiger partial charge in [0.25, 0.3) is 5.91 Å². The Balaban J connectivity index is 1.88. The molecule has 2 heterocycles. The number of nitrogens with two attached hydrogens (primary N) is 1. The van der Waals surface area contributed by atoms with Crippen molar-refractivity contribution in [1.82, 2.24) is 9.88 Å². The molecule has 21 heavy (non-hydrogen) atoms. The number of halogens is 1. The normalized spacial score (nSPS) is 18.0. The van der Waals surface area contributed by atoms with Crippen LogP contribution in [0.5, 0.6) is 0 Å². The number of carbonyl (C=O) groups excluding carboxylic acids is 1. The highest BCUT2D eigenvalue weighted by atomic mass is 35.5. The van der Waals surface area contributed by atoms with E-state index in [2.05, 4.69) is 4.98 Å². The van der Waals surface area contributed by atoms with E-state index in [1.54, 1.807) is 30.6 Å². The molecular weight excluding hydrogens is 286 g/mol. The molecule has 1 aliphatic rings. The van der Waals surface area contributed by atoms with Crippen LogP contribution in [0.15, 0.2) is 42.7 Å². The molecular formula is C16H16ClN3O.